The van der Waals surface area contributed by atoms with E-state index >= 15 is 0 Å². The molecule has 40 heavy (non-hydrogen) atoms. The number of hydrogen-bond donors (Lipinski definition) is 4. The van der Waals surface area contributed by atoms with Gasteiger partial charge in [-0.15, -0.1) is 10.2 Å². The molecule has 1 aromatic heterocycles. The van der Waals surface area contributed by atoms with E-state index in [1.54, 1.807) is 24.3 Å². The molecule has 2 amide bonds. The summed E-state index contributed by atoms with van der Waals surface area (Å²) in [6.45, 7) is 6.96. The van der Waals surface area contributed by atoms with Crippen LogP contribution >= 0.6 is 0 Å². The number of likely N-dealkylation sites (tertiary alicyclic amines) is 1. The molecule has 2 unspecified atom stereocenters. The number of rotatable bonds is 9. The predicted octanol–water partition coefficient (Wildman–Crippen LogP) is 1.44. The summed E-state index contributed by atoms with van der Waals surface area (Å²) in [5, 5.41) is 28.6. The van der Waals surface area contributed by atoms with E-state index in [1.807, 2.05) is 12.1 Å². The summed E-state index contributed by atoms with van der Waals surface area (Å²) in [6, 6.07) is 13.5. The van der Waals surface area contributed by atoms with Gasteiger partial charge in [-0.1, -0.05) is 23.9 Å². The number of amides is 2. The number of piperidine rings is 1. The summed E-state index contributed by atoms with van der Waals surface area (Å²) >= 11 is 0. The van der Waals surface area contributed by atoms with Crippen molar-refractivity contribution in [1.29, 1.82) is 5.26 Å². The Morgan fingerprint density at radius 2 is 1.82 bits per heavy atom. The largest absolute Gasteiger partial charge is 0.366 e. The number of fused-ring (bicyclic) bond motifs is 7. The van der Waals surface area contributed by atoms with Crippen molar-refractivity contribution in [1.82, 2.24) is 30.8 Å². The van der Waals surface area contributed by atoms with Crippen molar-refractivity contribution in [3.63, 3.8) is 0 Å². The van der Waals surface area contributed by atoms with Gasteiger partial charge in [-0.05, 0) is 78.1 Å². The smallest absolute Gasteiger partial charge is 0.248 e. The zero-order chi connectivity index (χ0) is 27.9. The molecule has 11 nitrogen and oxygen atoms in total. The Hall–Kier alpha value is -4.56. The highest BCUT2D eigenvalue weighted by Gasteiger charge is 2.73. The number of H-pyrrole nitrogens is 1. The second-order valence-electron chi connectivity index (χ2n) is 11.6. The highest BCUT2D eigenvalue weighted by atomic mass is 16.1. The van der Waals surface area contributed by atoms with E-state index in [0.29, 0.717) is 41.9 Å². The van der Waals surface area contributed by atoms with E-state index < -0.39 is 17.2 Å². The molecule has 2 saturated carbocycles. The number of primary amides is 2. The number of nitrogens with zero attached hydrogens (tertiary/aromatic N) is 5. The standard InChI is InChI=1S/C29H29N9O2/c1-13(33-12-14(2)38-23(11-30)24-19-9-20(19)25(24)38)10-29(28-34-36-37-35-28)21-5-3-15(26(31)39)7-17(21)18-8-16(27(32)40)4-6-22(18)29/h3-8,13,19-20,23-25,33H,2,9-10,12H2,1H3,(H2,31,39)(H2,32,40)(H,34,35,36,37)/t13-,19+,20-,23?,24+,25?/m0/s1. The van der Waals surface area contributed by atoms with Crippen molar-refractivity contribution in [2.45, 2.75) is 43.3 Å². The first kappa shape index (κ1) is 24.5. The maximum Gasteiger partial charge on any atom is 0.248 e. The second-order valence-corrected chi connectivity index (χ2v) is 11.6. The molecule has 1 saturated heterocycles. The van der Waals surface area contributed by atoms with Crippen LogP contribution in [0.15, 0.2) is 48.7 Å². The first-order chi connectivity index (χ1) is 19.3. The van der Waals surface area contributed by atoms with Gasteiger partial charge in [0.05, 0.1) is 11.5 Å². The lowest BCUT2D eigenvalue weighted by Crippen LogP contribution is -2.70. The molecule has 0 radical (unpaired) electrons. The van der Waals surface area contributed by atoms with Gasteiger partial charge in [0.25, 0.3) is 0 Å². The molecule has 7 rings (SSSR count). The fourth-order valence-electron chi connectivity index (χ4n) is 7.64. The Kier molecular flexibility index (Phi) is 5.18. The maximum atomic E-state index is 12.1. The highest BCUT2D eigenvalue weighted by molar-refractivity contribution is 5.98. The molecule has 1 aliphatic heterocycles. The van der Waals surface area contributed by atoms with Crippen molar-refractivity contribution < 1.29 is 9.59 Å². The number of carbonyl (C=O) groups excluding carboxylic acids is 2. The van der Waals surface area contributed by atoms with Crippen molar-refractivity contribution >= 4 is 11.8 Å². The molecule has 0 bridgehead atoms. The van der Waals surface area contributed by atoms with Gasteiger partial charge >= 0.3 is 0 Å². The summed E-state index contributed by atoms with van der Waals surface area (Å²) in [7, 11) is 0. The molecule has 3 fully saturated rings. The molecular weight excluding hydrogens is 506 g/mol. The number of tetrazole rings is 1. The van der Waals surface area contributed by atoms with E-state index in [-0.39, 0.29) is 12.1 Å². The first-order valence-electron chi connectivity index (χ1n) is 13.5. The van der Waals surface area contributed by atoms with Crippen LogP contribution in [0.2, 0.25) is 0 Å². The summed E-state index contributed by atoms with van der Waals surface area (Å²) in [5.41, 5.74) is 15.3. The number of aromatic amines is 1. The van der Waals surface area contributed by atoms with Crippen LogP contribution in [0.3, 0.4) is 0 Å². The van der Waals surface area contributed by atoms with E-state index in [9.17, 15) is 14.9 Å². The Bertz CT molecular complexity index is 1560. The Morgan fingerprint density at radius 3 is 2.38 bits per heavy atom. The van der Waals surface area contributed by atoms with Gasteiger partial charge in [0.1, 0.15) is 6.04 Å². The van der Waals surface area contributed by atoms with Crippen LogP contribution in [0.25, 0.3) is 11.1 Å². The lowest BCUT2D eigenvalue weighted by molar-refractivity contribution is -0.0813. The van der Waals surface area contributed by atoms with Gasteiger partial charge in [0.2, 0.25) is 11.8 Å². The predicted molar refractivity (Wildman–Crippen MR) is 144 cm³/mol. The third kappa shape index (κ3) is 3.23. The van der Waals surface area contributed by atoms with Crippen LogP contribution in [0.4, 0.5) is 0 Å². The molecule has 202 valence electrons. The second kappa shape index (κ2) is 8.47. The van der Waals surface area contributed by atoms with Gasteiger partial charge in [0.15, 0.2) is 5.82 Å². The van der Waals surface area contributed by atoms with E-state index in [4.69, 9.17) is 11.5 Å². The van der Waals surface area contributed by atoms with Gasteiger partial charge in [0, 0.05) is 41.4 Å². The maximum absolute atomic E-state index is 12.1. The average molecular weight is 536 g/mol. The number of nitriles is 1. The quantitative estimate of drug-likeness (QED) is 0.318. The Balaban J connectivity index is 1.23. The number of aromatic nitrogens is 4. The van der Waals surface area contributed by atoms with Crippen molar-refractivity contribution in [2.24, 2.45) is 29.2 Å². The molecular formula is C29H29N9O2. The average Bonchev–Trinajstić information content (AvgIpc) is 3.26. The fourth-order valence-corrected chi connectivity index (χ4v) is 7.64. The number of carbonyl (C=O) groups is 2. The van der Waals surface area contributed by atoms with Crippen LogP contribution in [0.1, 0.15) is 57.4 Å². The van der Waals surface area contributed by atoms with Gasteiger partial charge in [-0.2, -0.15) is 10.5 Å². The minimum atomic E-state index is -0.829. The molecule has 6 N–H and O–H groups in total. The van der Waals surface area contributed by atoms with Crippen molar-refractivity contribution in [3.05, 3.63) is 76.8 Å². The fraction of sp³-hybridized carbons (Fsp3) is 0.379. The Labute approximate surface area is 230 Å². The van der Waals surface area contributed by atoms with Crippen LogP contribution in [0, 0.1) is 29.1 Å². The van der Waals surface area contributed by atoms with Crippen molar-refractivity contribution in [2.75, 3.05) is 6.54 Å². The molecule has 6 atom stereocenters. The van der Waals surface area contributed by atoms with Crippen LogP contribution in [0.5, 0.6) is 0 Å². The lowest BCUT2D eigenvalue weighted by Gasteiger charge is -2.60. The summed E-state index contributed by atoms with van der Waals surface area (Å²) < 4.78 is 0. The van der Waals surface area contributed by atoms with Gasteiger partial charge in [-0.3, -0.25) is 9.59 Å². The zero-order valence-corrected chi connectivity index (χ0v) is 22.0. The topological polar surface area (TPSA) is 180 Å². The molecule has 4 aliphatic rings. The number of nitrogens with one attached hydrogen (secondary N) is 2. The number of benzene rings is 2. The van der Waals surface area contributed by atoms with E-state index in [0.717, 1.165) is 39.8 Å². The normalized spacial score (nSPS) is 26.6. The Morgan fingerprint density at radius 1 is 1.18 bits per heavy atom. The summed E-state index contributed by atoms with van der Waals surface area (Å²) in [6.07, 6.45) is 1.78. The number of nitrogens with two attached hydrogens (primary N) is 2. The molecule has 2 heterocycles. The first-order valence-corrected chi connectivity index (χ1v) is 13.5. The molecule has 3 aromatic rings. The zero-order valence-electron chi connectivity index (χ0n) is 22.0. The lowest BCUT2D eigenvalue weighted by atomic mass is 9.65. The van der Waals surface area contributed by atoms with Crippen LogP contribution < -0.4 is 16.8 Å². The minimum Gasteiger partial charge on any atom is -0.366 e. The monoisotopic (exact) mass is 535 g/mol. The van der Waals surface area contributed by atoms with Gasteiger partial charge in [-0.25, -0.2) is 0 Å². The molecule has 11 heteroatoms. The summed E-state index contributed by atoms with van der Waals surface area (Å²) in [5.74, 6) is 1.36. The van der Waals surface area contributed by atoms with Crippen LogP contribution in [-0.2, 0) is 5.41 Å². The van der Waals surface area contributed by atoms with E-state index in [1.165, 1.54) is 6.42 Å². The SMILES string of the molecule is C=C(CN[C@@H](C)CC1(c2nn[nH]n2)c2ccc(C(N)=O)cc2-c2cc(C(N)=O)ccc21)N1C(C#N)[C@@H]2C1[C@H]1C[C@@H]21. The number of hydrogen-bond acceptors (Lipinski definition) is 8. The summed E-state index contributed by atoms with van der Waals surface area (Å²) in [4.78, 5) is 26.4. The van der Waals surface area contributed by atoms with Crippen molar-refractivity contribution in [3.8, 4) is 17.2 Å². The van der Waals surface area contributed by atoms with Gasteiger partial charge < -0.3 is 21.7 Å². The molecule has 0 spiro atoms. The highest BCUT2D eigenvalue weighted by Crippen LogP contribution is 2.69. The minimum absolute atomic E-state index is 0.0478. The van der Waals surface area contributed by atoms with E-state index in [2.05, 4.69) is 50.4 Å². The van der Waals surface area contributed by atoms with Crippen LogP contribution in [-0.4, -0.2) is 62.0 Å². The molecule has 2 aromatic carbocycles. The third-order valence-electron chi connectivity index (χ3n) is 9.51. The molecule has 3 aliphatic carbocycles. The third-order valence-corrected chi connectivity index (χ3v) is 9.51.